The van der Waals surface area contributed by atoms with Gasteiger partial charge in [-0.3, -0.25) is 9.11 Å². The summed E-state index contributed by atoms with van der Waals surface area (Å²) >= 11 is 1.36. The summed E-state index contributed by atoms with van der Waals surface area (Å²) in [5, 5.41) is 72.6. The summed E-state index contributed by atoms with van der Waals surface area (Å²) in [7, 11) is -8.36. The van der Waals surface area contributed by atoms with Gasteiger partial charge in [-0.05, 0) is 134 Å². The fourth-order valence-electron chi connectivity index (χ4n) is 7.09. The molecule has 0 saturated carbocycles. The average Bonchev–Trinajstić information content (AvgIpc) is 3.77. The maximum absolute atomic E-state index is 12.2. The van der Waals surface area contributed by atoms with Gasteiger partial charge in [0, 0.05) is 27.1 Å². The molecule has 360 valence electrons. The van der Waals surface area contributed by atoms with Crippen LogP contribution in [0.5, 0.6) is 11.5 Å². The molecule has 8 rings (SSSR count). The third kappa shape index (κ3) is 10.5. The highest BCUT2D eigenvalue weighted by molar-refractivity contribution is 7.95. The van der Waals surface area contributed by atoms with Crippen molar-refractivity contribution in [1.82, 2.24) is 15.0 Å². The molecule has 0 saturated heterocycles. The zero-order valence-corrected chi connectivity index (χ0v) is 40.0. The van der Waals surface area contributed by atoms with Crippen LogP contribution in [0.3, 0.4) is 0 Å². The molecule has 5 N–H and O–H groups in total. The number of aryl methyl sites for hydroxylation is 4. The largest absolute Gasteiger partial charge is 0.505 e. The predicted octanol–water partition coefficient (Wildman–Crippen LogP) is 12.3. The summed E-state index contributed by atoms with van der Waals surface area (Å²) in [6, 6.07) is 22.9. The second kappa shape index (κ2) is 20.2. The standard InChI is InChI=1S/C43H35N9O14S4/c1-21-12-27(67-65-63-54)7-10-32(21)44-46-36-20-38(62-5)37(15-24(36)4)48-45-34-13-23(3)35(14-22(34)2)47-49-42-39(68-66-64-55)17-25-16-26(6-8-29(25)43(42)53)52-50-33-11-9-30-31(41(33)51-52)18-28(69(56,57)58)19-40(30)70(59,60)61/h6-20,53-55H,1-5H3,(H,56,57,58)(H,59,60,61). The van der Waals surface area contributed by atoms with Gasteiger partial charge in [-0.2, -0.15) is 42.1 Å². The molecule has 0 radical (unpaired) electrons. The van der Waals surface area contributed by atoms with Crippen molar-refractivity contribution in [3.05, 3.63) is 113 Å². The molecule has 1 aromatic heterocycles. The van der Waals surface area contributed by atoms with E-state index in [-0.39, 0.29) is 38.1 Å². The van der Waals surface area contributed by atoms with Crippen LogP contribution in [0.2, 0.25) is 0 Å². The van der Waals surface area contributed by atoms with Crippen molar-refractivity contribution in [2.75, 3.05) is 7.11 Å². The van der Waals surface area contributed by atoms with Gasteiger partial charge in [0.15, 0.2) is 5.75 Å². The molecule has 23 nitrogen and oxygen atoms in total. The molecule has 27 heteroatoms. The predicted molar refractivity (Wildman–Crippen MR) is 254 cm³/mol. The third-order valence-electron chi connectivity index (χ3n) is 10.5. The molecule has 0 amide bonds. The van der Waals surface area contributed by atoms with E-state index in [4.69, 9.17) is 19.6 Å². The van der Waals surface area contributed by atoms with E-state index in [0.717, 1.165) is 29.2 Å². The lowest BCUT2D eigenvalue weighted by Gasteiger charge is -2.11. The fraction of sp³-hybridized carbons (Fsp3) is 0.116. The molecular weight excluding hydrogens is 995 g/mol. The number of phenols is 1. The van der Waals surface area contributed by atoms with Gasteiger partial charge in [-0.25, -0.2) is 10.5 Å². The van der Waals surface area contributed by atoms with E-state index in [1.807, 2.05) is 20.8 Å². The number of nitrogens with zero attached hydrogens (tertiary/aromatic N) is 9. The highest BCUT2D eigenvalue weighted by atomic mass is 32.2. The third-order valence-corrected chi connectivity index (χ3v) is 13.5. The van der Waals surface area contributed by atoms with Crippen molar-refractivity contribution in [3.8, 4) is 17.2 Å². The fourth-order valence-corrected chi connectivity index (χ4v) is 9.38. The number of azo groups is 3. The molecular formula is C43H35N9O14S4. The maximum atomic E-state index is 12.2. The van der Waals surface area contributed by atoms with Gasteiger partial charge in [-0.15, -0.1) is 29.1 Å². The summed E-state index contributed by atoms with van der Waals surface area (Å²) in [6.07, 6.45) is 0. The number of benzene rings is 7. The minimum Gasteiger partial charge on any atom is -0.505 e. The van der Waals surface area contributed by atoms with E-state index in [2.05, 4.69) is 55.3 Å². The second-order valence-electron chi connectivity index (χ2n) is 15.1. The number of methoxy groups -OCH3 is 1. The molecule has 7 aromatic carbocycles. The highest BCUT2D eigenvalue weighted by Gasteiger charge is 2.23. The van der Waals surface area contributed by atoms with Crippen LogP contribution in [0.1, 0.15) is 22.3 Å². The second-order valence-corrected chi connectivity index (χ2v) is 19.4. The Labute approximate surface area is 404 Å². The number of hydrogen-bond acceptors (Lipinski definition) is 22. The first-order valence-corrected chi connectivity index (χ1v) is 24.3. The quantitative estimate of drug-likeness (QED) is 0.0197. The van der Waals surface area contributed by atoms with Crippen LogP contribution in [-0.2, 0) is 39.0 Å². The minimum atomic E-state index is -4.95. The van der Waals surface area contributed by atoms with Gasteiger partial charge in [-0.1, -0.05) is 16.1 Å². The molecule has 0 bridgehead atoms. The number of fused-ring (bicyclic) bond motifs is 4. The van der Waals surface area contributed by atoms with Gasteiger partial charge in [0.1, 0.15) is 33.1 Å². The molecule has 0 aliphatic heterocycles. The summed E-state index contributed by atoms with van der Waals surface area (Å²) in [5.74, 6) is 0.0835. The molecule has 8 aromatic rings. The van der Waals surface area contributed by atoms with E-state index in [1.54, 1.807) is 73.7 Å². The first kappa shape index (κ1) is 49.6. The smallest absolute Gasteiger partial charge is 0.295 e. The lowest BCUT2D eigenvalue weighted by molar-refractivity contribution is -0.432. The topological polar surface area (TPSA) is 320 Å². The van der Waals surface area contributed by atoms with E-state index >= 15 is 0 Å². The molecule has 70 heavy (non-hydrogen) atoms. The molecule has 1 heterocycles. The SMILES string of the molecule is COc1cc(N=Nc2ccc(SOOO)cc2C)c(C)cc1N=Nc1cc(C)c(N=Nc2c(SOOO)cc3cc(-n4nc5ccc6c(S(=O)(=O)O)cc(S(=O)(=O)O)cc6c5n4)ccc3c2O)cc1C. The minimum absolute atomic E-state index is 0.0396. The van der Waals surface area contributed by atoms with E-state index in [9.17, 15) is 31.0 Å². The summed E-state index contributed by atoms with van der Waals surface area (Å²) in [6.45, 7) is 7.31. The van der Waals surface area contributed by atoms with Crippen molar-refractivity contribution < 1.29 is 65.0 Å². The van der Waals surface area contributed by atoms with Crippen LogP contribution in [0.25, 0.3) is 38.3 Å². The normalized spacial score (nSPS) is 12.5. The monoisotopic (exact) mass is 1030 g/mol. The number of hydrogen-bond donors (Lipinski definition) is 5. The highest BCUT2D eigenvalue weighted by Crippen LogP contribution is 2.45. The van der Waals surface area contributed by atoms with Gasteiger partial charge in [0.2, 0.25) is 0 Å². The molecule has 0 aliphatic carbocycles. The van der Waals surface area contributed by atoms with Gasteiger partial charge < -0.3 is 9.84 Å². The Balaban J connectivity index is 1.07. The van der Waals surface area contributed by atoms with Crippen molar-refractivity contribution in [3.63, 3.8) is 0 Å². The molecule has 0 unspecified atom stereocenters. The van der Waals surface area contributed by atoms with Crippen LogP contribution < -0.4 is 4.74 Å². The summed E-state index contributed by atoms with van der Waals surface area (Å²) < 4.78 is 83.0. The number of aromatic hydroxyl groups is 1. The number of ether oxygens (including phenoxy) is 1. The Kier molecular flexibility index (Phi) is 14.3. The van der Waals surface area contributed by atoms with Crippen LogP contribution in [0, 0.1) is 27.7 Å². The van der Waals surface area contributed by atoms with E-state index in [0.29, 0.717) is 84.8 Å². The lowest BCUT2D eigenvalue weighted by Crippen LogP contribution is -2.04. The molecule has 0 aliphatic rings. The maximum Gasteiger partial charge on any atom is 0.295 e. The van der Waals surface area contributed by atoms with E-state index in [1.165, 1.54) is 24.0 Å². The number of aromatic nitrogens is 3. The lowest BCUT2D eigenvalue weighted by atomic mass is 10.1. The molecule has 0 atom stereocenters. The van der Waals surface area contributed by atoms with Crippen molar-refractivity contribution in [1.29, 1.82) is 0 Å². The Bertz CT molecular complexity index is 3720. The zero-order valence-electron chi connectivity index (χ0n) is 36.7. The van der Waals surface area contributed by atoms with E-state index < -0.39 is 30.0 Å². The zero-order chi connectivity index (χ0) is 50.1. The van der Waals surface area contributed by atoms with Crippen LogP contribution in [0.4, 0.5) is 34.1 Å². The van der Waals surface area contributed by atoms with Crippen molar-refractivity contribution in [2.24, 2.45) is 30.7 Å². The number of rotatable bonds is 16. The summed E-state index contributed by atoms with van der Waals surface area (Å²) in [5.41, 5.74) is 6.00. The van der Waals surface area contributed by atoms with Gasteiger partial charge in [0.05, 0.1) is 69.4 Å². The van der Waals surface area contributed by atoms with Crippen molar-refractivity contribution in [2.45, 2.75) is 47.3 Å². The Morgan fingerprint density at radius 3 is 1.83 bits per heavy atom. The Morgan fingerprint density at radius 2 is 1.19 bits per heavy atom. The first-order chi connectivity index (χ1) is 33.4. The average molecular weight is 1030 g/mol. The Morgan fingerprint density at radius 1 is 0.586 bits per heavy atom. The van der Waals surface area contributed by atoms with Gasteiger partial charge in [0.25, 0.3) is 20.2 Å². The molecule has 0 spiro atoms. The molecule has 0 fully saturated rings. The summed E-state index contributed by atoms with van der Waals surface area (Å²) in [4.78, 5) is 0.469. The van der Waals surface area contributed by atoms with Gasteiger partial charge >= 0.3 is 0 Å². The van der Waals surface area contributed by atoms with Crippen LogP contribution >= 0.6 is 24.1 Å². The number of phenolic OH excluding ortho intramolecular Hbond substituents is 1. The first-order valence-electron chi connectivity index (χ1n) is 19.9. The van der Waals surface area contributed by atoms with Crippen molar-refractivity contribution >= 4 is 111 Å². The van der Waals surface area contributed by atoms with Crippen LogP contribution in [0.15, 0.2) is 141 Å². The Hall–Kier alpha value is -6.86. The van der Waals surface area contributed by atoms with Crippen LogP contribution in [-0.4, -0.2) is 63.7 Å².